The van der Waals surface area contributed by atoms with E-state index in [4.69, 9.17) is 9.47 Å². The fourth-order valence-electron chi connectivity index (χ4n) is 1.94. The molecule has 0 atom stereocenters. The van der Waals surface area contributed by atoms with Crippen LogP contribution in [0.3, 0.4) is 0 Å². The van der Waals surface area contributed by atoms with E-state index in [0.717, 1.165) is 0 Å². The Kier molecular flexibility index (Phi) is 3.91. The molecule has 0 saturated heterocycles. The van der Waals surface area contributed by atoms with Crippen LogP contribution in [-0.4, -0.2) is 17.5 Å². The summed E-state index contributed by atoms with van der Waals surface area (Å²) in [6, 6.07) is 10.7. The van der Waals surface area contributed by atoms with Gasteiger partial charge < -0.3 is 9.47 Å². The molecule has 22 heavy (non-hydrogen) atoms. The molecule has 1 aromatic carbocycles. The monoisotopic (exact) mass is 297 g/mol. The molecule has 1 aromatic heterocycles. The van der Waals surface area contributed by atoms with Crippen molar-refractivity contribution in [2.75, 3.05) is 6.61 Å². The third-order valence-electron chi connectivity index (χ3n) is 3.17. The Balaban J connectivity index is 1.65. The zero-order valence-corrected chi connectivity index (χ0v) is 12.0. The zero-order valence-electron chi connectivity index (χ0n) is 12.0. The lowest BCUT2D eigenvalue weighted by Crippen LogP contribution is -2.37. The number of fused-ring (bicyclic) bond motifs is 1. The maximum Gasteiger partial charge on any atom is 0.269 e. The number of amides is 1. The molecule has 0 bridgehead atoms. The fourth-order valence-corrected chi connectivity index (χ4v) is 1.94. The minimum Gasteiger partial charge on any atom is -0.482 e. The number of allylic oxidation sites excluding steroid dienone is 1. The summed E-state index contributed by atoms with van der Waals surface area (Å²) in [5, 5.41) is 0. The van der Waals surface area contributed by atoms with E-state index in [1.165, 1.54) is 0 Å². The summed E-state index contributed by atoms with van der Waals surface area (Å²) in [5.74, 6) is 1.73. The van der Waals surface area contributed by atoms with Crippen LogP contribution in [0, 0.1) is 0 Å². The molecule has 2 aromatic rings. The molecule has 0 radical (unpaired) electrons. The number of nitrogens with one attached hydrogen (secondary N) is 2. The number of para-hydroxylation sites is 2. The summed E-state index contributed by atoms with van der Waals surface area (Å²) in [6.45, 7) is 2.11. The zero-order chi connectivity index (χ0) is 15.4. The number of rotatable bonds is 3. The molecule has 0 aliphatic carbocycles. The van der Waals surface area contributed by atoms with E-state index in [2.05, 4.69) is 15.8 Å². The van der Waals surface area contributed by atoms with E-state index in [-0.39, 0.29) is 5.91 Å². The molecule has 0 fully saturated rings. The van der Waals surface area contributed by atoms with Crippen LogP contribution in [0.2, 0.25) is 0 Å². The van der Waals surface area contributed by atoms with Crippen molar-refractivity contribution in [1.82, 2.24) is 15.8 Å². The number of carbonyl (C=O) groups is 1. The van der Waals surface area contributed by atoms with Crippen LogP contribution in [0.4, 0.5) is 0 Å². The highest BCUT2D eigenvalue weighted by Gasteiger charge is 2.17. The van der Waals surface area contributed by atoms with Crippen molar-refractivity contribution < 1.29 is 14.3 Å². The van der Waals surface area contributed by atoms with Crippen molar-refractivity contribution in [3.8, 4) is 11.5 Å². The Hall–Kier alpha value is -3.02. The van der Waals surface area contributed by atoms with Gasteiger partial charge in [0, 0.05) is 18.0 Å². The molecule has 112 valence electrons. The number of carbonyl (C=O) groups excluding carboxylic acids is 1. The molecule has 2 N–H and O–H groups in total. The molecule has 6 nitrogen and oxygen atoms in total. The van der Waals surface area contributed by atoms with Crippen molar-refractivity contribution in [2.45, 2.75) is 6.92 Å². The highest BCUT2D eigenvalue weighted by atomic mass is 16.6. The second-order valence-electron chi connectivity index (χ2n) is 4.70. The first kappa shape index (κ1) is 13.9. The molecular formula is C16H15N3O3. The van der Waals surface area contributed by atoms with E-state index in [0.29, 0.717) is 35.1 Å². The van der Waals surface area contributed by atoms with Gasteiger partial charge in [0.25, 0.3) is 5.91 Å². The summed E-state index contributed by atoms with van der Waals surface area (Å²) in [7, 11) is 0. The normalized spacial score (nSPS) is 15.0. The molecule has 1 amide bonds. The van der Waals surface area contributed by atoms with Gasteiger partial charge in [-0.3, -0.25) is 20.6 Å². The van der Waals surface area contributed by atoms with E-state index in [9.17, 15) is 4.79 Å². The fraction of sp³-hybridized carbons (Fsp3) is 0.125. The quantitative estimate of drug-likeness (QED) is 0.848. The molecule has 2 heterocycles. The number of ether oxygens (including phenoxy) is 2. The molecule has 1 aliphatic rings. The topological polar surface area (TPSA) is 72.5 Å². The van der Waals surface area contributed by atoms with Gasteiger partial charge in [0.2, 0.25) is 0 Å². The number of aromatic nitrogens is 1. The molecular weight excluding hydrogens is 282 g/mol. The summed E-state index contributed by atoms with van der Waals surface area (Å²) >= 11 is 0. The van der Waals surface area contributed by atoms with Crippen LogP contribution in [0.1, 0.15) is 17.3 Å². The van der Waals surface area contributed by atoms with Crippen LogP contribution in [0.5, 0.6) is 11.5 Å². The number of nitrogens with zero attached hydrogens (tertiary/aromatic N) is 1. The second-order valence-corrected chi connectivity index (χ2v) is 4.70. The van der Waals surface area contributed by atoms with Gasteiger partial charge in [0.15, 0.2) is 17.3 Å². The summed E-state index contributed by atoms with van der Waals surface area (Å²) < 4.78 is 11.4. The number of pyridine rings is 1. The van der Waals surface area contributed by atoms with Gasteiger partial charge in [0.05, 0.1) is 5.70 Å². The molecule has 6 heteroatoms. The van der Waals surface area contributed by atoms with Crippen molar-refractivity contribution in [1.29, 1.82) is 0 Å². The number of hydrogen-bond acceptors (Lipinski definition) is 5. The summed E-state index contributed by atoms with van der Waals surface area (Å²) in [5.41, 5.74) is 6.64. The number of hydrogen-bond donors (Lipinski definition) is 2. The standard InChI is InChI=1S/C16H15N3O3/c1-11(18-19-16(20)12-6-8-17-9-7-12)15-10-21-13-4-2-3-5-14(13)22-15/h2-9,18H,10H2,1H3,(H,19,20)/b15-11+. The van der Waals surface area contributed by atoms with Crippen molar-refractivity contribution in [3.05, 3.63) is 65.8 Å². The van der Waals surface area contributed by atoms with E-state index < -0.39 is 0 Å². The molecule has 0 spiro atoms. The SMILES string of the molecule is C/C(NNC(=O)c1ccncc1)=C1/COc2ccccc2O1. The van der Waals surface area contributed by atoms with Gasteiger partial charge in [-0.25, -0.2) is 0 Å². The predicted octanol–water partition coefficient (Wildman–Crippen LogP) is 2.02. The first-order chi connectivity index (χ1) is 10.7. The Morgan fingerprint density at radius 3 is 2.59 bits per heavy atom. The first-order valence-corrected chi connectivity index (χ1v) is 6.80. The van der Waals surface area contributed by atoms with Crippen LogP contribution >= 0.6 is 0 Å². The molecule has 0 saturated carbocycles. The van der Waals surface area contributed by atoms with Gasteiger partial charge in [0.1, 0.15) is 6.61 Å². The second kappa shape index (κ2) is 6.17. The predicted molar refractivity (Wildman–Crippen MR) is 80.1 cm³/mol. The number of benzene rings is 1. The third-order valence-corrected chi connectivity index (χ3v) is 3.17. The van der Waals surface area contributed by atoms with Gasteiger partial charge in [-0.05, 0) is 31.2 Å². The number of hydrazine groups is 1. The maximum atomic E-state index is 11.9. The van der Waals surface area contributed by atoms with Gasteiger partial charge in [-0.1, -0.05) is 12.1 Å². The van der Waals surface area contributed by atoms with Crippen LogP contribution in [-0.2, 0) is 0 Å². The Morgan fingerprint density at radius 1 is 1.09 bits per heavy atom. The smallest absolute Gasteiger partial charge is 0.269 e. The Morgan fingerprint density at radius 2 is 1.82 bits per heavy atom. The minimum absolute atomic E-state index is 0.250. The van der Waals surface area contributed by atoms with Gasteiger partial charge in [-0.2, -0.15) is 0 Å². The first-order valence-electron chi connectivity index (χ1n) is 6.80. The van der Waals surface area contributed by atoms with Crippen LogP contribution < -0.4 is 20.3 Å². The summed E-state index contributed by atoms with van der Waals surface area (Å²) in [6.07, 6.45) is 3.13. The van der Waals surface area contributed by atoms with E-state index in [1.54, 1.807) is 31.5 Å². The Labute approximate surface area is 127 Å². The average molecular weight is 297 g/mol. The van der Waals surface area contributed by atoms with Crippen molar-refractivity contribution in [3.63, 3.8) is 0 Å². The Bertz CT molecular complexity index is 714. The minimum atomic E-state index is -0.250. The highest BCUT2D eigenvalue weighted by Crippen LogP contribution is 2.32. The lowest BCUT2D eigenvalue weighted by atomic mass is 10.2. The van der Waals surface area contributed by atoms with Crippen LogP contribution in [0.15, 0.2) is 60.2 Å². The maximum absolute atomic E-state index is 11.9. The highest BCUT2D eigenvalue weighted by molar-refractivity contribution is 5.93. The van der Waals surface area contributed by atoms with E-state index >= 15 is 0 Å². The summed E-state index contributed by atoms with van der Waals surface area (Å²) in [4.78, 5) is 15.8. The molecule has 0 unspecified atom stereocenters. The lowest BCUT2D eigenvalue weighted by molar-refractivity contribution is 0.0937. The van der Waals surface area contributed by atoms with Crippen molar-refractivity contribution in [2.24, 2.45) is 0 Å². The molecule has 3 rings (SSSR count). The van der Waals surface area contributed by atoms with Gasteiger partial charge in [-0.15, -0.1) is 0 Å². The average Bonchev–Trinajstić information content (AvgIpc) is 2.59. The van der Waals surface area contributed by atoms with Crippen molar-refractivity contribution >= 4 is 5.91 Å². The van der Waals surface area contributed by atoms with Gasteiger partial charge >= 0.3 is 0 Å². The largest absolute Gasteiger partial charge is 0.482 e. The van der Waals surface area contributed by atoms with E-state index in [1.807, 2.05) is 24.3 Å². The lowest BCUT2D eigenvalue weighted by Gasteiger charge is -2.22. The van der Waals surface area contributed by atoms with Crippen LogP contribution in [0.25, 0.3) is 0 Å². The third kappa shape index (κ3) is 3.01. The molecule has 1 aliphatic heterocycles.